The van der Waals surface area contributed by atoms with Crippen molar-refractivity contribution in [3.63, 3.8) is 0 Å². The number of hydrogen-bond donors (Lipinski definition) is 1. The zero-order chi connectivity index (χ0) is 13.7. The number of amides is 1. The van der Waals surface area contributed by atoms with Crippen molar-refractivity contribution in [1.82, 2.24) is 14.7 Å². The number of rotatable bonds is 6. The Morgan fingerprint density at radius 2 is 2.22 bits per heavy atom. The van der Waals surface area contributed by atoms with Crippen LogP contribution in [0.25, 0.3) is 0 Å². The van der Waals surface area contributed by atoms with E-state index in [-0.39, 0.29) is 5.91 Å². The molecular weight excluding hydrogens is 248 g/mol. The third-order valence-electron chi connectivity index (χ3n) is 2.75. The quantitative estimate of drug-likeness (QED) is 0.788. The second-order valence-corrected chi connectivity index (χ2v) is 4.66. The Kier molecular flexibility index (Phi) is 5.27. The van der Waals surface area contributed by atoms with Crippen molar-refractivity contribution in [2.45, 2.75) is 33.2 Å². The Morgan fingerprint density at radius 3 is 2.72 bits per heavy atom. The van der Waals surface area contributed by atoms with Gasteiger partial charge in [0.25, 0.3) is 5.91 Å². The SMILES string of the molecule is CCc1cc(C(=O)N(C)CCC(N)=S)n(CC)n1. The number of nitrogens with zero attached hydrogens (tertiary/aromatic N) is 3. The molecule has 0 fully saturated rings. The van der Waals surface area contributed by atoms with Gasteiger partial charge in [-0.05, 0) is 19.4 Å². The summed E-state index contributed by atoms with van der Waals surface area (Å²) in [6.45, 7) is 5.21. The van der Waals surface area contributed by atoms with Crippen molar-refractivity contribution in [1.29, 1.82) is 0 Å². The standard InChI is InChI=1S/C12H20N4OS/c1-4-9-8-10(16(5-2)14-9)12(17)15(3)7-6-11(13)18/h8H,4-7H2,1-3H3,(H2,13,18). The van der Waals surface area contributed by atoms with E-state index in [1.807, 2.05) is 19.9 Å². The summed E-state index contributed by atoms with van der Waals surface area (Å²) in [6, 6.07) is 1.85. The van der Waals surface area contributed by atoms with Gasteiger partial charge in [-0.1, -0.05) is 19.1 Å². The van der Waals surface area contributed by atoms with E-state index in [1.165, 1.54) is 0 Å². The molecule has 1 rings (SSSR count). The van der Waals surface area contributed by atoms with Crippen LogP contribution in [0, 0.1) is 0 Å². The van der Waals surface area contributed by atoms with E-state index in [4.69, 9.17) is 18.0 Å². The van der Waals surface area contributed by atoms with Gasteiger partial charge in [0.15, 0.2) is 0 Å². The van der Waals surface area contributed by atoms with Gasteiger partial charge >= 0.3 is 0 Å². The molecule has 1 aromatic heterocycles. The van der Waals surface area contributed by atoms with Crippen molar-refractivity contribution in [3.05, 3.63) is 17.5 Å². The maximum Gasteiger partial charge on any atom is 0.271 e. The molecule has 0 atom stereocenters. The Balaban J connectivity index is 2.81. The Morgan fingerprint density at radius 1 is 1.56 bits per heavy atom. The summed E-state index contributed by atoms with van der Waals surface area (Å²) in [5.41, 5.74) is 7.00. The largest absolute Gasteiger partial charge is 0.393 e. The third-order valence-corrected chi connectivity index (χ3v) is 2.96. The summed E-state index contributed by atoms with van der Waals surface area (Å²) in [5, 5.41) is 4.36. The van der Waals surface area contributed by atoms with E-state index >= 15 is 0 Å². The first kappa shape index (κ1) is 14.6. The van der Waals surface area contributed by atoms with Gasteiger partial charge in [0.2, 0.25) is 0 Å². The van der Waals surface area contributed by atoms with Gasteiger partial charge in [0.05, 0.1) is 10.7 Å². The molecule has 0 aliphatic heterocycles. The number of carbonyl (C=O) groups excluding carboxylic acids is 1. The average Bonchev–Trinajstić information content (AvgIpc) is 2.78. The molecule has 1 heterocycles. The molecule has 5 nitrogen and oxygen atoms in total. The molecule has 18 heavy (non-hydrogen) atoms. The predicted octanol–water partition coefficient (Wildman–Crippen LogP) is 1.21. The van der Waals surface area contributed by atoms with Crippen LogP contribution in [0.15, 0.2) is 6.07 Å². The summed E-state index contributed by atoms with van der Waals surface area (Å²) in [4.78, 5) is 14.3. The van der Waals surface area contributed by atoms with Crippen LogP contribution in [0.2, 0.25) is 0 Å². The molecule has 1 amide bonds. The van der Waals surface area contributed by atoms with Crippen molar-refractivity contribution in [2.24, 2.45) is 5.73 Å². The molecule has 1 aromatic rings. The number of thiocarbonyl (C=S) groups is 1. The van der Waals surface area contributed by atoms with Crippen LogP contribution < -0.4 is 5.73 Å². The van der Waals surface area contributed by atoms with E-state index in [1.54, 1.807) is 16.6 Å². The zero-order valence-corrected chi connectivity index (χ0v) is 12.0. The molecule has 0 aliphatic carbocycles. The third kappa shape index (κ3) is 3.53. The van der Waals surface area contributed by atoms with Gasteiger partial charge in [-0.2, -0.15) is 5.10 Å². The van der Waals surface area contributed by atoms with E-state index in [0.29, 0.717) is 30.2 Å². The normalized spacial score (nSPS) is 10.4. The number of nitrogens with two attached hydrogens (primary N) is 1. The number of aryl methyl sites for hydroxylation is 2. The molecular formula is C12H20N4OS. The Labute approximate surface area is 113 Å². The van der Waals surface area contributed by atoms with E-state index < -0.39 is 0 Å². The summed E-state index contributed by atoms with van der Waals surface area (Å²) < 4.78 is 1.73. The topological polar surface area (TPSA) is 64.2 Å². The van der Waals surface area contributed by atoms with Crippen molar-refractivity contribution in [2.75, 3.05) is 13.6 Å². The fraction of sp³-hybridized carbons (Fsp3) is 0.583. The van der Waals surface area contributed by atoms with Crippen molar-refractivity contribution < 1.29 is 4.79 Å². The molecule has 0 bridgehead atoms. The van der Waals surface area contributed by atoms with Crippen LogP contribution in [0.1, 0.15) is 36.5 Å². The zero-order valence-electron chi connectivity index (χ0n) is 11.1. The van der Waals surface area contributed by atoms with Crippen LogP contribution in [0.5, 0.6) is 0 Å². The van der Waals surface area contributed by atoms with Gasteiger partial charge in [-0.15, -0.1) is 0 Å². The van der Waals surface area contributed by atoms with E-state index in [0.717, 1.165) is 12.1 Å². The number of hydrogen-bond acceptors (Lipinski definition) is 3. The molecule has 0 saturated carbocycles. The smallest absolute Gasteiger partial charge is 0.271 e. The van der Waals surface area contributed by atoms with Crippen LogP contribution in [-0.4, -0.2) is 39.2 Å². The highest BCUT2D eigenvalue weighted by atomic mass is 32.1. The van der Waals surface area contributed by atoms with Gasteiger partial charge in [0.1, 0.15) is 5.69 Å². The lowest BCUT2D eigenvalue weighted by atomic mass is 10.2. The fourth-order valence-corrected chi connectivity index (χ4v) is 1.72. The molecule has 100 valence electrons. The summed E-state index contributed by atoms with van der Waals surface area (Å²) in [6.07, 6.45) is 1.36. The molecule has 0 spiro atoms. The first-order valence-corrected chi connectivity index (χ1v) is 6.50. The summed E-state index contributed by atoms with van der Waals surface area (Å²) >= 11 is 4.81. The maximum absolute atomic E-state index is 12.2. The molecule has 0 radical (unpaired) electrons. The fourth-order valence-electron chi connectivity index (χ4n) is 1.63. The lowest BCUT2D eigenvalue weighted by Gasteiger charge is -2.16. The minimum Gasteiger partial charge on any atom is -0.393 e. The molecule has 0 aromatic carbocycles. The lowest BCUT2D eigenvalue weighted by molar-refractivity contribution is 0.0786. The Bertz CT molecular complexity index is 441. The monoisotopic (exact) mass is 268 g/mol. The first-order chi connectivity index (χ1) is 8.49. The molecule has 0 aliphatic rings. The second-order valence-electron chi connectivity index (χ2n) is 4.13. The van der Waals surface area contributed by atoms with E-state index in [2.05, 4.69) is 5.10 Å². The molecule has 0 saturated heterocycles. The lowest BCUT2D eigenvalue weighted by Crippen LogP contribution is -2.31. The highest BCUT2D eigenvalue weighted by molar-refractivity contribution is 7.80. The summed E-state index contributed by atoms with van der Waals surface area (Å²) in [7, 11) is 1.75. The van der Waals surface area contributed by atoms with Crippen molar-refractivity contribution in [3.8, 4) is 0 Å². The molecule has 6 heteroatoms. The van der Waals surface area contributed by atoms with Gasteiger partial charge < -0.3 is 10.6 Å². The molecule has 0 unspecified atom stereocenters. The van der Waals surface area contributed by atoms with Crippen LogP contribution in [0.3, 0.4) is 0 Å². The first-order valence-electron chi connectivity index (χ1n) is 6.10. The van der Waals surface area contributed by atoms with Crippen LogP contribution >= 0.6 is 12.2 Å². The average molecular weight is 268 g/mol. The second kappa shape index (κ2) is 6.49. The van der Waals surface area contributed by atoms with Gasteiger partial charge in [0, 0.05) is 26.6 Å². The number of aromatic nitrogens is 2. The van der Waals surface area contributed by atoms with Gasteiger partial charge in [-0.25, -0.2) is 0 Å². The Hall–Kier alpha value is -1.43. The van der Waals surface area contributed by atoms with Crippen molar-refractivity contribution >= 4 is 23.1 Å². The summed E-state index contributed by atoms with van der Waals surface area (Å²) in [5.74, 6) is -0.0414. The predicted molar refractivity (Wildman–Crippen MR) is 75.6 cm³/mol. The minimum absolute atomic E-state index is 0.0414. The minimum atomic E-state index is -0.0414. The number of carbonyl (C=O) groups is 1. The highest BCUT2D eigenvalue weighted by Crippen LogP contribution is 2.08. The van der Waals surface area contributed by atoms with Crippen LogP contribution in [0.4, 0.5) is 0 Å². The van der Waals surface area contributed by atoms with E-state index in [9.17, 15) is 4.79 Å². The molecule has 2 N–H and O–H groups in total. The van der Waals surface area contributed by atoms with Gasteiger partial charge in [-0.3, -0.25) is 9.48 Å². The maximum atomic E-state index is 12.2. The van der Waals surface area contributed by atoms with Crippen LogP contribution in [-0.2, 0) is 13.0 Å². The highest BCUT2D eigenvalue weighted by Gasteiger charge is 2.17.